The molecule has 0 aliphatic carbocycles. The summed E-state index contributed by atoms with van der Waals surface area (Å²) in [4.78, 5) is 12.3. The molecule has 22 heavy (non-hydrogen) atoms. The van der Waals surface area contributed by atoms with E-state index in [4.69, 9.17) is 10.5 Å². The number of hydrogen-bond acceptors (Lipinski definition) is 5. The molecular formula is C14H21ClN2O4S. The van der Waals surface area contributed by atoms with Gasteiger partial charge in [0.1, 0.15) is 0 Å². The van der Waals surface area contributed by atoms with Crippen molar-refractivity contribution in [1.82, 2.24) is 0 Å². The lowest BCUT2D eigenvalue weighted by atomic mass is 9.92. The van der Waals surface area contributed by atoms with Crippen LogP contribution in [0.5, 0.6) is 0 Å². The first-order valence-electron chi connectivity index (χ1n) is 6.82. The zero-order valence-electron chi connectivity index (χ0n) is 12.3. The molecule has 0 radical (unpaired) electrons. The number of sulfone groups is 1. The molecular weight excluding hydrogens is 328 g/mol. The molecule has 1 saturated heterocycles. The number of carbonyl (C=O) groups is 1. The summed E-state index contributed by atoms with van der Waals surface area (Å²) >= 11 is 0. The van der Waals surface area contributed by atoms with Crippen molar-refractivity contribution in [3.05, 3.63) is 24.3 Å². The average Bonchev–Trinajstić information content (AvgIpc) is 2.47. The summed E-state index contributed by atoms with van der Waals surface area (Å²) in [6.45, 7) is 1.24. The fraction of sp³-hybridized carbons (Fsp3) is 0.500. The molecule has 1 aromatic rings. The molecule has 1 aliphatic rings. The summed E-state index contributed by atoms with van der Waals surface area (Å²) in [6.07, 6.45) is 2.65. The van der Waals surface area contributed by atoms with Crippen LogP contribution >= 0.6 is 12.4 Å². The third kappa shape index (κ3) is 4.95. The molecule has 6 nitrogen and oxygen atoms in total. The van der Waals surface area contributed by atoms with Crippen LogP contribution in [-0.2, 0) is 19.4 Å². The van der Waals surface area contributed by atoms with Crippen molar-refractivity contribution in [2.75, 3.05) is 24.8 Å². The van der Waals surface area contributed by atoms with Crippen LogP contribution in [0.4, 0.5) is 5.69 Å². The summed E-state index contributed by atoms with van der Waals surface area (Å²) in [7, 11) is -3.30. The Morgan fingerprint density at radius 3 is 2.59 bits per heavy atom. The summed E-state index contributed by atoms with van der Waals surface area (Å²) in [5, 5.41) is 2.68. The molecule has 0 bridgehead atoms. The third-order valence-electron chi connectivity index (χ3n) is 3.61. The highest BCUT2D eigenvalue weighted by molar-refractivity contribution is 7.90. The highest BCUT2D eigenvalue weighted by Gasteiger charge is 2.26. The van der Waals surface area contributed by atoms with Gasteiger partial charge in [0.25, 0.3) is 0 Å². The summed E-state index contributed by atoms with van der Waals surface area (Å²) in [5.41, 5.74) is 6.41. The van der Waals surface area contributed by atoms with Gasteiger partial charge < -0.3 is 15.8 Å². The molecule has 0 aromatic heterocycles. The Hall–Kier alpha value is -1.15. The molecule has 1 fully saturated rings. The summed E-state index contributed by atoms with van der Waals surface area (Å²) in [5.74, 6) is -0.204. The van der Waals surface area contributed by atoms with Crippen LogP contribution in [0.15, 0.2) is 29.2 Å². The van der Waals surface area contributed by atoms with Crippen LogP contribution in [0.2, 0.25) is 0 Å². The van der Waals surface area contributed by atoms with Crippen molar-refractivity contribution >= 4 is 33.8 Å². The van der Waals surface area contributed by atoms with Gasteiger partial charge >= 0.3 is 0 Å². The van der Waals surface area contributed by atoms with Crippen LogP contribution in [0.25, 0.3) is 0 Å². The Balaban J connectivity index is 0.00000242. The summed E-state index contributed by atoms with van der Waals surface area (Å²) in [6, 6.07) is 5.54. The van der Waals surface area contributed by atoms with E-state index in [9.17, 15) is 13.2 Å². The van der Waals surface area contributed by atoms with Crippen molar-refractivity contribution < 1.29 is 17.9 Å². The number of anilines is 1. The number of rotatable bonds is 4. The molecule has 8 heteroatoms. The highest BCUT2D eigenvalue weighted by Crippen LogP contribution is 2.20. The largest absolute Gasteiger partial charge is 0.381 e. The van der Waals surface area contributed by atoms with Gasteiger partial charge in [0.2, 0.25) is 5.91 Å². The smallest absolute Gasteiger partial charge is 0.241 e. The van der Waals surface area contributed by atoms with Gasteiger partial charge in [-0.05, 0) is 37.0 Å². The van der Waals surface area contributed by atoms with E-state index in [0.29, 0.717) is 18.9 Å². The maximum absolute atomic E-state index is 12.1. The SMILES string of the molecule is CS(=O)(=O)c1cccc(NC(=O)C(N)C2CCOCC2)c1.Cl. The van der Waals surface area contributed by atoms with Crippen LogP contribution in [0.3, 0.4) is 0 Å². The van der Waals surface area contributed by atoms with Crippen molar-refractivity contribution in [1.29, 1.82) is 0 Å². The molecule has 1 aromatic carbocycles. The Bertz CT molecular complexity index is 615. The maximum Gasteiger partial charge on any atom is 0.241 e. The highest BCUT2D eigenvalue weighted by atomic mass is 35.5. The number of carbonyl (C=O) groups excluding carboxylic acids is 1. The molecule has 3 N–H and O–H groups in total. The van der Waals surface area contributed by atoms with Crippen LogP contribution < -0.4 is 11.1 Å². The van der Waals surface area contributed by atoms with Crippen molar-refractivity contribution in [3.8, 4) is 0 Å². The van der Waals surface area contributed by atoms with Gasteiger partial charge in [-0.15, -0.1) is 12.4 Å². The number of nitrogens with one attached hydrogen (secondary N) is 1. The van der Waals surface area contributed by atoms with E-state index in [1.165, 1.54) is 12.1 Å². The molecule has 2 rings (SSSR count). The number of halogens is 1. The van der Waals surface area contributed by atoms with E-state index in [-0.39, 0.29) is 29.1 Å². The van der Waals surface area contributed by atoms with Gasteiger partial charge in [-0.1, -0.05) is 6.07 Å². The predicted octanol–water partition coefficient (Wildman–Crippen LogP) is 1.20. The van der Waals surface area contributed by atoms with Gasteiger partial charge in [-0.3, -0.25) is 4.79 Å². The number of nitrogens with two attached hydrogens (primary N) is 1. The van der Waals surface area contributed by atoms with E-state index in [0.717, 1.165) is 19.1 Å². The normalized spacial score (nSPS) is 17.4. The lowest BCUT2D eigenvalue weighted by Gasteiger charge is -2.26. The minimum absolute atomic E-state index is 0. The average molecular weight is 349 g/mol. The molecule has 0 spiro atoms. The minimum Gasteiger partial charge on any atom is -0.381 e. The van der Waals surface area contributed by atoms with Gasteiger partial charge in [0, 0.05) is 25.2 Å². The monoisotopic (exact) mass is 348 g/mol. The molecule has 1 amide bonds. The van der Waals surface area contributed by atoms with Crippen LogP contribution in [0, 0.1) is 5.92 Å². The maximum atomic E-state index is 12.1. The Kier molecular flexibility index (Phi) is 6.80. The molecule has 124 valence electrons. The first kappa shape index (κ1) is 18.9. The van der Waals surface area contributed by atoms with Crippen molar-refractivity contribution in [2.24, 2.45) is 11.7 Å². The standard InChI is InChI=1S/C14H20N2O4S.ClH/c1-21(18,19)12-4-2-3-11(9-12)16-14(17)13(15)10-5-7-20-8-6-10;/h2-4,9-10,13H,5-8,15H2,1H3,(H,16,17);1H. The van der Waals surface area contributed by atoms with E-state index in [1.807, 2.05) is 0 Å². The number of amides is 1. The third-order valence-corrected chi connectivity index (χ3v) is 4.72. The number of ether oxygens (including phenoxy) is 1. The van der Waals surface area contributed by atoms with Crippen LogP contribution in [0.1, 0.15) is 12.8 Å². The molecule has 1 aliphatic heterocycles. The lowest BCUT2D eigenvalue weighted by Crippen LogP contribution is -2.44. The lowest BCUT2D eigenvalue weighted by molar-refractivity contribution is -0.119. The number of benzene rings is 1. The summed E-state index contributed by atoms with van der Waals surface area (Å²) < 4.78 is 28.2. The predicted molar refractivity (Wildman–Crippen MR) is 86.9 cm³/mol. The molecule has 0 saturated carbocycles. The van der Waals surface area contributed by atoms with Gasteiger partial charge in [-0.25, -0.2) is 8.42 Å². The number of hydrogen-bond donors (Lipinski definition) is 2. The topological polar surface area (TPSA) is 98.5 Å². The van der Waals surface area contributed by atoms with Gasteiger partial charge in [-0.2, -0.15) is 0 Å². The first-order valence-corrected chi connectivity index (χ1v) is 8.71. The minimum atomic E-state index is -3.30. The van der Waals surface area contributed by atoms with Crippen LogP contribution in [-0.4, -0.2) is 39.8 Å². The van der Waals surface area contributed by atoms with Crippen molar-refractivity contribution in [3.63, 3.8) is 0 Å². The fourth-order valence-electron chi connectivity index (χ4n) is 2.32. The van der Waals surface area contributed by atoms with Gasteiger partial charge in [0.05, 0.1) is 10.9 Å². The van der Waals surface area contributed by atoms with E-state index in [2.05, 4.69) is 5.32 Å². The first-order chi connectivity index (χ1) is 9.88. The molecule has 1 unspecified atom stereocenters. The van der Waals surface area contributed by atoms with Crippen molar-refractivity contribution in [2.45, 2.75) is 23.8 Å². The Labute approximate surface area is 136 Å². The zero-order valence-corrected chi connectivity index (χ0v) is 14.0. The second kappa shape index (κ2) is 7.92. The molecule has 1 atom stereocenters. The fourth-order valence-corrected chi connectivity index (χ4v) is 2.99. The Morgan fingerprint density at radius 2 is 2.00 bits per heavy atom. The second-order valence-electron chi connectivity index (χ2n) is 5.26. The zero-order chi connectivity index (χ0) is 15.5. The van der Waals surface area contributed by atoms with E-state index in [1.54, 1.807) is 12.1 Å². The second-order valence-corrected chi connectivity index (χ2v) is 7.28. The van der Waals surface area contributed by atoms with E-state index >= 15 is 0 Å². The van der Waals surface area contributed by atoms with E-state index < -0.39 is 15.9 Å². The Morgan fingerprint density at radius 1 is 1.36 bits per heavy atom. The molecule has 1 heterocycles. The van der Waals surface area contributed by atoms with Gasteiger partial charge in [0.15, 0.2) is 9.84 Å². The quantitative estimate of drug-likeness (QED) is 0.852.